The van der Waals surface area contributed by atoms with Crippen LogP contribution in [0.2, 0.25) is 0 Å². The third kappa shape index (κ3) is 4.08. The monoisotopic (exact) mass is 346 g/mol. The van der Waals surface area contributed by atoms with Crippen LogP contribution in [-0.2, 0) is 17.6 Å². The first-order chi connectivity index (χ1) is 11.6. The number of amides is 1. The molecule has 24 heavy (non-hydrogen) atoms. The second-order valence-corrected chi connectivity index (χ2v) is 6.31. The summed E-state index contributed by atoms with van der Waals surface area (Å²) >= 11 is 1.56. The normalized spacial score (nSPS) is 10.9. The SMILES string of the molecule is Cc1noc(CCCNC(=O)Cc2nc(-c3cccs3)oc2C)n1. The number of rotatable bonds is 7. The van der Waals surface area contributed by atoms with Crippen molar-refractivity contribution in [1.29, 1.82) is 0 Å². The Hall–Kier alpha value is -2.48. The molecule has 3 aromatic heterocycles. The van der Waals surface area contributed by atoms with Gasteiger partial charge in [0.1, 0.15) is 5.76 Å². The first-order valence-electron chi connectivity index (χ1n) is 7.68. The quantitative estimate of drug-likeness (QED) is 0.661. The number of oxazole rings is 1. The van der Waals surface area contributed by atoms with E-state index in [0.29, 0.717) is 42.0 Å². The Morgan fingerprint density at radius 3 is 2.92 bits per heavy atom. The summed E-state index contributed by atoms with van der Waals surface area (Å²) in [5.41, 5.74) is 0.670. The minimum absolute atomic E-state index is 0.0779. The average Bonchev–Trinajstić information content (AvgIpc) is 3.27. The predicted molar refractivity (Wildman–Crippen MR) is 88.6 cm³/mol. The fourth-order valence-electron chi connectivity index (χ4n) is 2.22. The topological polar surface area (TPSA) is 94.1 Å². The maximum absolute atomic E-state index is 12.0. The number of hydrogen-bond acceptors (Lipinski definition) is 7. The highest BCUT2D eigenvalue weighted by Gasteiger charge is 2.15. The molecule has 7 nitrogen and oxygen atoms in total. The van der Waals surface area contributed by atoms with Gasteiger partial charge in [-0.3, -0.25) is 4.79 Å². The maximum Gasteiger partial charge on any atom is 0.236 e. The molecule has 0 spiro atoms. The summed E-state index contributed by atoms with van der Waals surface area (Å²) < 4.78 is 10.7. The molecule has 3 rings (SSSR count). The van der Waals surface area contributed by atoms with Crippen molar-refractivity contribution in [2.24, 2.45) is 0 Å². The van der Waals surface area contributed by atoms with Crippen LogP contribution in [0, 0.1) is 13.8 Å². The van der Waals surface area contributed by atoms with Gasteiger partial charge in [0.2, 0.25) is 17.7 Å². The van der Waals surface area contributed by atoms with E-state index in [1.165, 1.54) is 0 Å². The summed E-state index contributed by atoms with van der Waals surface area (Å²) in [5, 5.41) is 8.56. The lowest BCUT2D eigenvalue weighted by Crippen LogP contribution is -2.26. The van der Waals surface area contributed by atoms with Gasteiger partial charge in [-0.2, -0.15) is 4.98 Å². The van der Waals surface area contributed by atoms with E-state index in [1.54, 1.807) is 18.3 Å². The van der Waals surface area contributed by atoms with Crippen LogP contribution in [0.1, 0.15) is 29.6 Å². The Morgan fingerprint density at radius 1 is 1.33 bits per heavy atom. The molecule has 0 aliphatic carbocycles. The molecule has 3 aromatic rings. The zero-order chi connectivity index (χ0) is 16.9. The summed E-state index contributed by atoms with van der Waals surface area (Å²) in [6, 6.07) is 3.88. The summed E-state index contributed by atoms with van der Waals surface area (Å²) in [7, 11) is 0. The van der Waals surface area contributed by atoms with E-state index in [4.69, 9.17) is 8.94 Å². The van der Waals surface area contributed by atoms with Crippen LogP contribution in [0.25, 0.3) is 10.8 Å². The maximum atomic E-state index is 12.0. The fraction of sp³-hybridized carbons (Fsp3) is 0.375. The second kappa shape index (κ2) is 7.39. The van der Waals surface area contributed by atoms with Crippen LogP contribution in [0.3, 0.4) is 0 Å². The second-order valence-electron chi connectivity index (χ2n) is 5.36. The highest BCUT2D eigenvalue weighted by molar-refractivity contribution is 7.13. The van der Waals surface area contributed by atoms with Crippen LogP contribution < -0.4 is 5.32 Å². The van der Waals surface area contributed by atoms with Crippen molar-refractivity contribution in [2.75, 3.05) is 6.54 Å². The van der Waals surface area contributed by atoms with Crippen molar-refractivity contribution >= 4 is 17.2 Å². The lowest BCUT2D eigenvalue weighted by molar-refractivity contribution is -0.120. The number of nitrogens with zero attached hydrogens (tertiary/aromatic N) is 3. The number of aromatic nitrogens is 3. The van der Waals surface area contributed by atoms with Crippen LogP contribution in [0.4, 0.5) is 0 Å². The predicted octanol–water partition coefficient (Wildman–Crippen LogP) is 2.69. The van der Waals surface area contributed by atoms with Gasteiger partial charge in [-0.15, -0.1) is 11.3 Å². The van der Waals surface area contributed by atoms with Crippen molar-refractivity contribution in [3.05, 3.63) is 40.7 Å². The van der Waals surface area contributed by atoms with Crippen LogP contribution in [0.15, 0.2) is 26.5 Å². The third-order valence-corrected chi connectivity index (χ3v) is 4.27. The first kappa shape index (κ1) is 16.4. The molecule has 0 aliphatic heterocycles. The van der Waals surface area contributed by atoms with Crippen molar-refractivity contribution in [3.8, 4) is 10.8 Å². The number of thiophene rings is 1. The van der Waals surface area contributed by atoms with E-state index >= 15 is 0 Å². The third-order valence-electron chi connectivity index (χ3n) is 3.41. The minimum Gasteiger partial charge on any atom is -0.440 e. The largest absolute Gasteiger partial charge is 0.440 e. The van der Waals surface area contributed by atoms with E-state index in [2.05, 4.69) is 20.4 Å². The molecule has 0 fully saturated rings. The zero-order valence-electron chi connectivity index (χ0n) is 13.5. The summed E-state index contributed by atoms with van der Waals surface area (Å²) in [6.07, 6.45) is 1.60. The molecule has 0 bridgehead atoms. The molecule has 0 aromatic carbocycles. The van der Waals surface area contributed by atoms with Gasteiger partial charge in [0.05, 0.1) is 17.0 Å². The Kier molecular flexibility index (Phi) is 5.05. The number of hydrogen-bond donors (Lipinski definition) is 1. The van der Waals surface area contributed by atoms with Crippen LogP contribution in [-0.4, -0.2) is 27.6 Å². The molecule has 0 atom stereocenters. The van der Waals surface area contributed by atoms with Gasteiger partial charge in [0.15, 0.2) is 5.82 Å². The number of aryl methyl sites for hydroxylation is 3. The lowest BCUT2D eigenvalue weighted by Gasteiger charge is -2.02. The van der Waals surface area contributed by atoms with Gasteiger partial charge < -0.3 is 14.3 Å². The molecular weight excluding hydrogens is 328 g/mol. The average molecular weight is 346 g/mol. The molecule has 0 unspecified atom stereocenters. The van der Waals surface area contributed by atoms with E-state index in [1.807, 2.05) is 24.4 Å². The van der Waals surface area contributed by atoms with Gasteiger partial charge >= 0.3 is 0 Å². The minimum atomic E-state index is -0.0779. The number of carbonyl (C=O) groups excluding carboxylic acids is 1. The molecule has 0 saturated heterocycles. The van der Waals surface area contributed by atoms with Gasteiger partial charge in [0.25, 0.3) is 0 Å². The highest BCUT2D eigenvalue weighted by Crippen LogP contribution is 2.25. The van der Waals surface area contributed by atoms with E-state index in [0.717, 1.165) is 11.3 Å². The van der Waals surface area contributed by atoms with Gasteiger partial charge in [0, 0.05) is 13.0 Å². The van der Waals surface area contributed by atoms with Crippen molar-refractivity contribution in [1.82, 2.24) is 20.4 Å². The summed E-state index contributed by atoms with van der Waals surface area (Å²) in [6.45, 7) is 4.15. The smallest absolute Gasteiger partial charge is 0.236 e. The highest BCUT2D eigenvalue weighted by atomic mass is 32.1. The zero-order valence-corrected chi connectivity index (χ0v) is 14.4. The van der Waals surface area contributed by atoms with Crippen LogP contribution >= 0.6 is 11.3 Å². The Labute approximate surface area is 143 Å². The summed E-state index contributed by atoms with van der Waals surface area (Å²) in [4.78, 5) is 21.5. The Bertz CT molecular complexity index is 807. The lowest BCUT2D eigenvalue weighted by atomic mass is 10.2. The Morgan fingerprint density at radius 2 is 2.21 bits per heavy atom. The van der Waals surface area contributed by atoms with Crippen LogP contribution in [0.5, 0.6) is 0 Å². The molecule has 1 N–H and O–H groups in total. The van der Waals surface area contributed by atoms with E-state index in [9.17, 15) is 4.79 Å². The fourth-order valence-corrected chi connectivity index (χ4v) is 2.87. The van der Waals surface area contributed by atoms with Gasteiger partial charge in [-0.25, -0.2) is 4.98 Å². The summed E-state index contributed by atoms with van der Waals surface area (Å²) in [5.74, 6) is 2.38. The molecule has 8 heteroatoms. The number of carbonyl (C=O) groups is 1. The van der Waals surface area contributed by atoms with E-state index < -0.39 is 0 Å². The molecule has 1 amide bonds. The molecule has 3 heterocycles. The Balaban J connectivity index is 1.46. The molecule has 0 aliphatic rings. The van der Waals surface area contributed by atoms with Gasteiger partial charge in [-0.05, 0) is 31.7 Å². The van der Waals surface area contributed by atoms with Crippen molar-refractivity contribution < 1.29 is 13.7 Å². The number of nitrogens with one attached hydrogen (secondary N) is 1. The molecule has 126 valence electrons. The van der Waals surface area contributed by atoms with Crippen molar-refractivity contribution in [3.63, 3.8) is 0 Å². The standard InChI is InChI=1S/C16H18N4O3S/c1-10-12(19-16(22-10)13-5-4-8-24-13)9-14(21)17-7-3-6-15-18-11(2)20-23-15/h4-5,8H,3,6-7,9H2,1-2H3,(H,17,21). The molecule has 0 saturated carbocycles. The van der Waals surface area contributed by atoms with E-state index in [-0.39, 0.29) is 12.3 Å². The first-order valence-corrected chi connectivity index (χ1v) is 8.56. The van der Waals surface area contributed by atoms with Crippen molar-refractivity contribution in [2.45, 2.75) is 33.1 Å². The molecular formula is C16H18N4O3S. The molecule has 0 radical (unpaired) electrons. The van der Waals surface area contributed by atoms with Gasteiger partial charge in [-0.1, -0.05) is 11.2 Å².